The number of hydrogen-bond donors (Lipinski definition) is 1. The van der Waals surface area contributed by atoms with Gasteiger partial charge < -0.3 is 19.9 Å². The van der Waals surface area contributed by atoms with Crippen LogP contribution in [0.4, 0.5) is 5.69 Å². The van der Waals surface area contributed by atoms with Crippen LogP contribution in [0.3, 0.4) is 0 Å². The average Bonchev–Trinajstić information content (AvgIpc) is 2.89. The Balaban J connectivity index is 1.40. The lowest BCUT2D eigenvalue weighted by Crippen LogP contribution is -2.48. The molecule has 0 aliphatic carbocycles. The van der Waals surface area contributed by atoms with Crippen LogP contribution in [0.2, 0.25) is 0 Å². The van der Waals surface area contributed by atoms with Crippen molar-refractivity contribution in [1.82, 2.24) is 19.8 Å². The van der Waals surface area contributed by atoms with Gasteiger partial charge in [0.2, 0.25) is 5.91 Å². The molecule has 2 aliphatic heterocycles. The molecular weight excluding hydrogens is 478 g/mol. The molecule has 2 aromatic carbocycles. The maximum atomic E-state index is 13.8. The van der Waals surface area contributed by atoms with Crippen molar-refractivity contribution in [3.8, 4) is 17.1 Å². The summed E-state index contributed by atoms with van der Waals surface area (Å²) in [6, 6.07) is 13.3. The van der Waals surface area contributed by atoms with E-state index in [0.29, 0.717) is 28.4 Å². The Labute approximate surface area is 224 Å². The number of aromatic nitrogens is 2. The highest BCUT2D eigenvalue weighted by atomic mass is 16.5. The number of ether oxygens (including phenoxy) is 1. The van der Waals surface area contributed by atoms with Crippen LogP contribution < -0.4 is 20.5 Å². The standard InChI is InChI=1S/C30H39N5O3/c1-21(2)31-28(36)20-35-29(23-8-7-9-25(16-23)38-3)32-27-11-10-24(17-26(27)30(35)37)34-18-22(19-34)12-15-33-13-5-4-6-14-33/h7-11,16-17,21-22H,4-6,12-15,18-20H2,1-3H3,(H,31,36). The van der Waals surface area contributed by atoms with E-state index in [1.165, 1.54) is 49.9 Å². The van der Waals surface area contributed by atoms with Crippen molar-refractivity contribution in [2.24, 2.45) is 5.92 Å². The molecule has 2 aliphatic rings. The van der Waals surface area contributed by atoms with Gasteiger partial charge in [0.15, 0.2) is 0 Å². The van der Waals surface area contributed by atoms with Crippen molar-refractivity contribution >= 4 is 22.5 Å². The number of methoxy groups -OCH3 is 1. The summed E-state index contributed by atoms with van der Waals surface area (Å²) in [6.07, 6.45) is 5.26. The third-order valence-corrected chi connectivity index (χ3v) is 7.64. The summed E-state index contributed by atoms with van der Waals surface area (Å²) >= 11 is 0. The highest BCUT2D eigenvalue weighted by Gasteiger charge is 2.28. The lowest BCUT2D eigenvalue weighted by molar-refractivity contribution is -0.122. The average molecular weight is 518 g/mol. The summed E-state index contributed by atoms with van der Waals surface area (Å²) in [5, 5.41) is 3.42. The zero-order chi connectivity index (χ0) is 26.6. The van der Waals surface area contributed by atoms with Crippen LogP contribution in [-0.4, -0.2) is 66.2 Å². The molecule has 8 nitrogen and oxygen atoms in total. The second-order valence-electron chi connectivity index (χ2n) is 10.9. The monoisotopic (exact) mass is 517 g/mol. The largest absolute Gasteiger partial charge is 0.497 e. The smallest absolute Gasteiger partial charge is 0.262 e. The van der Waals surface area contributed by atoms with Crippen LogP contribution in [0.25, 0.3) is 22.3 Å². The molecule has 1 amide bonds. The number of rotatable bonds is 9. The van der Waals surface area contributed by atoms with Crippen molar-refractivity contribution in [2.45, 2.75) is 52.1 Å². The first-order valence-corrected chi connectivity index (χ1v) is 13.9. The van der Waals surface area contributed by atoms with Gasteiger partial charge in [-0.05, 0) is 89.0 Å². The normalized spacial score (nSPS) is 16.6. The Bertz CT molecular complexity index is 1340. The van der Waals surface area contributed by atoms with E-state index in [9.17, 15) is 9.59 Å². The van der Waals surface area contributed by atoms with Gasteiger partial charge in [0, 0.05) is 30.4 Å². The number of amides is 1. The third kappa shape index (κ3) is 5.85. The van der Waals surface area contributed by atoms with E-state index >= 15 is 0 Å². The van der Waals surface area contributed by atoms with E-state index in [2.05, 4.69) is 21.2 Å². The van der Waals surface area contributed by atoms with Crippen LogP contribution in [0, 0.1) is 5.92 Å². The number of carbonyl (C=O) groups excluding carboxylic acids is 1. The van der Waals surface area contributed by atoms with Gasteiger partial charge in [-0.25, -0.2) is 4.98 Å². The summed E-state index contributed by atoms with van der Waals surface area (Å²) in [5.41, 5.74) is 2.18. The lowest BCUT2D eigenvalue weighted by Gasteiger charge is -2.42. The number of nitrogens with one attached hydrogen (secondary N) is 1. The minimum atomic E-state index is -0.220. The van der Waals surface area contributed by atoms with E-state index in [-0.39, 0.29) is 24.1 Å². The van der Waals surface area contributed by atoms with Gasteiger partial charge in [0.25, 0.3) is 5.56 Å². The number of anilines is 1. The molecule has 0 saturated carbocycles. The van der Waals surface area contributed by atoms with Crippen LogP contribution in [0.5, 0.6) is 5.75 Å². The van der Waals surface area contributed by atoms with E-state index in [1.54, 1.807) is 7.11 Å². The van der Waals surface area contributed by atoms with Crippen molar-refractivity contribution < 1.29 is 9.53 Å². The quantitative estimate of drug-likeness (QED) is 0.464. The Hall–Kier alpha value is -3.39. The van der Waals surface area contributed by atoms with Gasteiger partial charge in [-0.2, -0.15) is 0 Å². The first kappa shape index (κ1) is 26.2. The molecule has 5 rings (SSSR count). The molecule has 0 spiro atoms. The minimum absolute atomic E-state index is 0.0206. The van der Waals surface area contributed by atoms with E-state index < -0.39 is 0 Å². The van der Waals surface area contributed by atoms with Gasteiger partial charge in [0.05, 0.1) is 18.0 Å². The van der Waals surface area contributed by atoms with Crippen molar-refractivity contribution in [1.29, 1.82) is 0 Å². The molecular formula is C30H39N5O3. The van der Waals surface area contributed by atoms with Crippen LogP contribution in [0.1, 0.15) is 39.5 Å². The predicted octanol–water partition coefficient (Wildman–Crippen LogP) is 3.91. The number of benzene rings is 2. The number of carbonyl (C=O) groups is 1. The summed E-state index contributed by atoms with van der Waals surface area (Å²) in [6.45, 7) is 9.41. The molecule has 1 N–H and O–H groups in total. The van der Waals surface area contributed by atoms with E-state index in [0.717, 1.165) is 24.3 Å². The van der Waals surface area contributed by atoms with Crippen molar-refractivity contribution in [3.05, 3.63) is 52.8 Å². The number of likely N-dealkylation sites (tertiary alicyclic amines) is 1. The van der Waals surface area contributed by atoms with Crippen molar-refractivity contribution in [2.75, 3.05) is 44.7 Å². The Morgan fingerprint density at radius 3 is 2.63 bits per heavy atom. The highest BCUT2D eigenvalue weighted by molar-refractivity contribution is 5.85. The Kier molecular flexibility index (Phi) is 7.98. The van der Waals surface area contributed by atoms with Crippen LogP contribution in [0.15, 0.2) is 47.3 Å². The van der Waals surface area contributed by atoms with Gasteiger partial charge in [-0.15, -0.1) is 0 Å². The van der Waals surface area contributed by atoms with E-state index in [1.807, 2.05) is 50.2 Å². The molecule has 2 fully saturated rings. The molecule has 3 aromatic rings. The third-order valence-electron chi connectivity index (χ3n) is 7.64. The fraction of sp³-hybridized carbons (Fsp3) is 0.500. The van der Waals surface area contributed by atoms with Crippen LogP contribution >= 0.6 is 0 Å². The van der Waals surface area contributed by atoms with E-state index in [4.69, 9.17) is 9.72 Å². The lowest BCUT2D eigenvalue weighted by atomic mass is 9.94. The molecule has 0 atom stereocenters. The number of piperidine rings is 1. The number of hydrogen-bond acceptors (Lipinski definition) is 6. The Morgan fingerprint density at radius 1 is 1.11 bits per heavy atom. The van der Waals surface area contributed by atoms with Crippen molar-refractivity contribution in [3.63, 3.8) is 0 Å². The molecule has 2 saturated heterocycles. The molecule has 0 bridgehead atoms. The second-order valence-corrected chi connectivity index (χ2v) is 10.9. The SMILES string of the molecule is COc1cccc(-c2nc3ccc(N4CC(CCN5CCCCC5)C4)cc3c(=O)n2CC(=O)NC(C)C)c1. The topological polar surface area (TPSA) is 79.7 Å². The van der Waals surface area contributed by atoms with Crippen LogP contribution in [-0.2, 0) is 11.3 Å². The fourth-order valence-electron chi connectivity index (χ4n) is 5.56. The Morgan fingerprint density at radius 2 is 1.89 bits per heavy atom. The van der Waals surface area contributed by atoms with Gasteiger partial charge in [0.1, 0.15) is 18.1 Å². The molecule has 0 radical (unpaired) electrons. The summed E-state index contributed by atoms with van der Waals surface area (Å²) < 4.78 is 6.87. The molecule has 3 heterocycles. The van der Waals surface area contributed by atoms with Gasteiger partial charge in [-0.3, -0.25) is 14.2 Å². The summed E-state index contributed by atoms with van der Waals surface area (Å²) in [7, 11) is 1.60. The molecule has 0 unspecified atom stereocenters. The minimum Gasteiger partial charge on any atom is -0.497 e. The van der Waals surface area contributed by atoms with Gasteiger partial charge in [-0.1, -0.05) is 18.6 Å². The zero-order valence-electron chi connectivity index (χ0n) is 22.8. The fourth-order valence-corrected chi connectivity index (χ4v) is 5.56. The molecule has 1 aromatic heterocycles. The molecule has 38 heavy (non-hydrogen) atoms. The van der Waals surface area contributed by atoms with Gasteiger partial charge >= 0.3 is 0 Å². The first-order chi connectivity index (χ1) is 18.4. The first-order valence-electron chi connectivity index (χ1n) is 13.9. The highest BCUT2D eigenvalue weighted by Crippen LogP contribution is 2.30. The number of nitrogens with zero attached hydrogens (tertiary/aromatic N) is 4. The predicted molar refractivity (Wildman–Crippen MR) is 152 cm³/mol. The maximum absolute atomic E-state index is 13.8. The molecule has 202 valence electrons. The maximum Gasteiger partial charge on any atom is 0.262 e. The zero-order valence-corrected chi connectivity index (χ0v) is 22.8. The second kappa shape index (κ2) is 11.6. The summed E-state index contributed by atoms with van der Waals surface area (Å²) in [5.74, 6) is 1.59. The number of fused-ring (bicyclic) bond motifs is 1. The summed E-state index contributed by atoms with van der Waals surface area (Å²) in [4.78, 5) is 36.3. The molecule has 8 heteroatoms.